The van der Waals surface area contributed by atoms with E-state index < -0.39 is 0 Å². The van der Waals surface area contributed by atoms with Crippen LogP contribution >= 0.6 is 23.4 Å². The molecule has 0 atom stereocenters. The lowest BCUT2D eigenvalue weighted by Crippen LogP contribution is -1.81. The van der Waals surface area contributed by atoms with Gasteiger partial charge >= 0.3 is 0 Å². The maximum absolute atomic E-state index is 5.87. The molecule has 60 valence electrons. The number of rotatable bonds is 2. The van der Waals surface area contributed by atoms with Gasteiger partial charge in [0, 0.05) is 10.8 Å². The molecular weight excluding hydrogens is 176 g/mol. The summed E-state index contributed by atoms with van der Waals surface area (Å²) in [5, 5.41) is 0.856. The van der Waals surface area contributed by atoms with Gasteiger partial charge in [-0.05, 0) is 30.4 Å². The smallest absolute Gasteiger partial charge is 0.0435 e. The summed E-state index contributed by atoms with van der Waals surface area (Å²) in [6, 6.07) is 6.17. The van der Waals surface area contributed by atoms with Gasteiger partial charge in [0.15, 0.2) is 0 Å². The van der Waals surface area contributed by atoms with Crippen molar-refractivity contribution in [2.45, 2.75) is 12.7 Å². The predicted octanol–water partition coefficient (Wildman–Crippen LogP) is 3.51. The molecule has 0 unspecified atom stereocenters. The highest BCUT2D eigenvalue weighted by molar-refractivity contribution is 7.97. The van der Waals surface area contributed by atoms with E-state index in [4.69, 9.17) is 11.6 Å². The molecule has 1 aromatic rings. The van der Waals surface area contributed by atoms with E-state index in [0.29, 0.717) is 0 Å². The second-order valence-corrected chi connectivity index (χ2v) is 3.79. The minimum atomic E-state index is 0.856. The Bertz CT molecular complexity index is 245. The molecule has 0 aromatic heterocycles. The maximum Gasteiger partial charge on any atom is 0.0435 e. The highest BCUT2D eigenvalue weighted by Gasteiger charge is 1.95. The fourth-order valence-electron chi connectivity index (χ4n) is 0.963. The first-order chi connectivity index (χ1) is 5.24. The van der Waals surface area contributed by atoms with Crippen molar-refractivity contribution in [1.82, 2.24) is 0 Å². The molecule has 0 amide bonds. The van der Waals surface area contributed by atoms with Crippen LogP contribution < -0.4 is 0 Å². The average molecular weight is 187 g/mol. The highest BCUT2D eigenvalue weighted by Crippen LogP contribution is 2.18. The van der Waals surface area contributed by atoms with E-state index in [1.165, 1.54) is 11.1 Å². The fourth-order valence-corrected chi connectivity index (χ4v) is 1.59. The van der Waals surface area contributed by atoms with Crippen LogP contribution in [0.5, 0.6) is 0 Å². The molecule has 0 heterocycles. The van der Waals surface area contributed by atoms with Gasteiger partial charge in [0.05, 0.1) is 0 Å². The lowest BCUT2D eigenvalue weighted by Gasteiger charge is -2.01. The Kier molecular flexibility index (Phi) is 3.28. The molecule has 11 heavy (non-hydrogen) atoms. The number of aryl methyl sites for hydroxylation is 1. The molecule has 0 aliphatic carbocycles. The van der Waals surface area contributed by atoms with Crippen molar-refractivity contribution in [2.75, 3.05) is 6.26 Å². The molecule has 0 saturated carbocycles. The van der Waals surface area contributed by atoms with E-state index in [1.807, 2.05) is 24.8 Å². The topological polar surface area (TPSA) is 0 Å². The van der Waals surface area contributed by atoms with Crippen molar-refractivity contribution in [3.63, 3.8) is 0 Å². The van der Waals surface area contributed by atoms with Crippen LogP contribution in [0.15, 0.2) is 18.2 Å². The third kappa shape index (κ3) is 2.42. The van der Waals surface area contributed by atoms with Gasteiger partial charge in [0.25, 0.3) is 0 Å². The van der Waals surface area contributed by atoms with Crippen molar-refractivity contribution in [1.29, 1.82) is 0 Å². The fraction of sp³-hybridized carbons (Fsp3) is 0.333. The molecular formula is C9H11ClS. The Balaban J connectivity index is 2.86. The Morgan fingerprint density at radius 2 is 2.18 bits per heavy atom. The van der Waals surface area contributed by atoms with Gasteiger partial charge in [0.1, 0.15) is 0 Å². The summed E-state index contributed by atoms with van der Waals surface area (Å²) in [5.41, 5.74) is 2.51. The van der Waals surface area contributed by atoms with Crippen molar-refractivity contribution in [2.24, 2.45) is 0 Å². The Hall–Kier alpha value is -0.140. The molecule has 2 heteroatoms. The summed E-state index contributed by atoms with van der Waals surface area (Å²) in [5.74, 6) is 1.07. The van der Waals surface area contributed by atoms with Gasteiger partial charge in [0.2, 0.25) is 0 Å². The molecule has 0 N–H and O–H groups in total. The molecule has 0 fully saturated rings. The Morgan fingerprint density at radius 1 is 1.45 bits per heavy atom. The van der Waals surface area contributed by atoms with E-state index >= 15 is 0 Å². The summed E-state index contributed by atoms with van der Waals surface area (Å²) in [6.07, 6.45) is 2.10. The van der Waals surface area contributed by atoms with Crippen LogP contribution in [0.4, 0.5) is 0 Å². The zero-order chi connectivity index (χ0) is 8.27. The first kappa shape index (κ1) is 8.95. The van der Waals surface area contributed by atoms with E-state index in [2.05, 4.69) is 18.4 Å². The largest absolute Gasteiger partial charge is 0.161 e. The van der Waals surface area contributed by atoms with Crippen molar-refractivity contribution in [3.8, 4) is 0 Å². The summed E-state index contributed by atoms with van der Waals surface area (Å²) >= 11 is 7.70. The van der Waals surface area contributed by atoms with Crippen LogP contribution in [0.2, 0.25) is 5.02 Å². The average Bonchev–Trinajstić information content (AvgIpc) is 1.98. The molecule has 1 rings (SSSR count). The van der Waals surface area contributed by atoms with Crippen LogP contribution in [-0.2, 0) is 5.75 Å². The van der Waals surface area contributed by atoms with Crippen LogP contribution in [0.1, 0.15) is 11.1 Å². The minimum Gasteiger partial charge on any atom is -0.161 e. The molecule has 0 radical (unpaired) electrons. The third-order valence-corrected chi connectivity index (χ3v) is 2.58. The van der Waals surface area contributed by atoms with Crippen LogP contribution in [0, 0.1) is 6.92 Å². The van der Waals surface area contributed by atoms with E-state index in [0.717, 1.165) is 10.8 Å². The first-order valence-corrected chi connectivity index (χ1v) is 5.25. The summed E-state index contributed by atoms with van der Waals surface area (Å²) < 4.78 is 0. The monoisotopic (exact) mass is 186 g/mol. The molecule has 0 nitrogen and oxygen atoms in total. The number of benzene rings is 1. The second kappa shape index (κ2) is 4.03. The SMILES string of the molecule is CSCc1ccc(Cl)c(C)c1. The van der Waals surface area contributed by atoms with Crippen LogP contribution in [-0.4, -0.2) is 6.26 Å². The summed E-state index contributed by atoms with van der Waals surface area (Å²) in [7, 11) is 0. The normalized spacial score (nSPS) is 10.1. The van der Waals surface area contributed by atoms with Crippen LogP contribution in [0.3, 0.4) is 0 Å². The van der Waals surface area contributed by atoms with Gasteiger partial charge in [-0.3, -0.25) is 0 Å². The van der Waals surface area contributed by atoms with E-state index in [9.17, 15) is 0 Å². The second-order valence-electron chi connectivity index (χ2n) is 2.52. The standard InChI is InChI=1S/C9H11ClS/c1-7-5-8(6-11-2)3-4-9(7)10/h3-5H,6H2,1-2H3. The quantitative estimate of drug-likeness (QED) is 0.681. The van der Waals surface area contributed by atoms with Crippen LogP contribution in [0.25, 0.3) is 0 Å². The first-order valence-electron chi connectivity index (χ1n) is 3.48. The Labute approximate surface area is 77.0 Å². The molecule has 0 bridgehead atoms. The number of hydrogen-bond donors (Lipinski definition) is 0. The lowest BCUT2D eigenvalue weighted by atomic mass is 10.2. The molecule has 0 spiro atoms. The maximum atomic E-state index is 5.87. The van der Waals surface area contributed by atoms with Crippen molar-refractivity contribution < 1.29 is 0 Å². The predicted molar refractivity (Wildman–Crippen MR) is 53.4 cm³/mol. The third-order valence-electron chi connectivity index (χ3n) is 1.53. The van der Waals surface area contributed by atoms with Gasteiger partial charge in [-0.15, -0.1) is 0 Å². The Morgan fingerprint density at radius 3 is 2.73 bits per heavy atom. The van der Waals surface area contributed by atoms with Gasteiger partial charge in [-0.25, -0.2) is 0 Å². The minimum absolute atomic E-state index is 0.856. The van der Waals surface area contributed by atoms with Crippen molar-refractivity contribution >= 4 is 23.4 Å². The van der Waals surface area contributed by atoms with Gasteiger partial charge in [-0.1, -0.05) is 23.7 Å². The number of thioether (sulfide) groups is 1. The van der Waals surface area contributed by atoms with E-state index in [1.54, 1.807) is 0 Å². The lowest BCUT2D eigenvalue weighted by molar-refractivity contribution is 1.36. The summed E-state index contributed by atoms with van der Waals surface area (Å²) in [6.45, 7) is 2.03. The van der Waals surface area contributed by atoms with Gasteiger partial charge < -0.3 is 0 Å². The van der Waals surface area contributed by atoms with E-state index in [-0.39, 0.29) is 0 Å². The van der Waals surface area contributed by atoms with Crippen molar-refractivity contribution in [3.05, 3.63) is 34.3 Å². The molecule has 0 aliphatic heterocycles. The van der Waals surface area contributed by atoms with Gasteiger partial charge in [-0.2, -0.15) is 11.8 Å². The number of hydrogen-bond acceptors (Lipinski definition) is 1. The highest BCUT2D eigenvalue weighted by atomic mass is 35.5. The molecule has 0 aliphatic rings. The molecule has 0 saturated heterocycles. The zero-order valence-corrected chi connectivity index (χ0v) is 8.30. The summed E-state index contributed by atoms with van der Waals surface area (Å²) in [4.78, 5) is 0. The zero-order valence-electron chi connectivity index (χ0n) is 6.73. The molecule has 1 aromatic carbocycles. The number of halogens is 1.